The third-order valence-electron chi connectivity index (χ3n) is 6.89. The number of fused-ring (bicyclic) bond motifs is 1. The van der Waals surface area contributed by atoms with Crippen LogP contribution in [0.2, 0.25) is 0 Å². The van der Waals surface area contributed by atoms with E-state index >= 15 is 0 Å². The molecule has 1 aliphatic rings. The summed E-state index contributed by atoms with van der Waals surface area (Å²) in [5.74, 6) is 1.21. The number of carbonyl (C=O) groups excluding carboxylic acids is 1. The summed E-state index contributed by atoms with van der Waals surface area (Å²) in [5.41, 5.74) is 4.70. The van der Waals surface area contributed by atoms with E-state index in [1.807, 2.05) is 44.3 Å². The van der Waals surface area contributed by atoms with Gasteiger partial charge in [0.1, 0.15) is 23.6 Å². The molecule has 10 nitrogen and oxygen atoms in total. The van der Waals surface area contributed by atoms with Gasteiger partial charge in [0.05, 0.1) is 42.6 Å². The van der Waals surface area contributed by atoms with Crippen molar-refractivity contribution in [2.45, 2.75) is 53.2 Å². The molecular weight excluding hydrogens is 508 g/mol. The van der Waals surface area contributed by atoms with Gasteiger partial charge in [-0.05, 0) is 62.6 Å². The number of H-pyrrole nitrogens is 1. The van der Waals surface area contributed by atoms with Crippen molar-refractivity contribution in [3.8, 4) is 16.9 Å². The van der Waals surface area contributed by atoms with Gasteiger partial charge in [-0.15, -0.1) is 0 Å². The molecular formula is C30H36N6O4. The summed E-state index contributed by atoms with van der Waals surface area (Å²) in [6, 6.07) is 9.69. The van der Waals surface area contributed by atoms with E-state index in [1.54, 1.807) is 23.7 Å². The van der Waals surface area contributed by atoms with Crippen molar-refractivity contribution in [2.24, 2.45) is 0 Å². The SMILES string of the molecule is Cc1cc(OC(C)C)c(CNC(=O)c2cc(-c3ccc(N4CCOCC4)nc3)cc3c(C(C)C)ncn23)c(=O)[nH]1. The Bertz CT molecular complexity index is 1570. The molecule has 10 heteroatoms. The van der Waals surface area contributed by atoms with E-state index in [-0.39, 0.29) is 30.0 Å². The van der Waals surface area contributed by atoms with Gasteiger partial charge in [0.25, 0.3) is 11.5 Å². The lowest BCUT2D eigenvalue weighted by Gasteiger charge is -2.27. The fourth-order valence-electron chi connectivity index (χ4n) is 4.91. The molecule has 0 radical (unpaired) electrons. The molecule has 0 spiro atoms. The van der Waals surface area contributed by atoms with E-state index < -0.39 is 0 Å². The standard InChI is InChI=1S/C30H36N6O4/c1-18(2)28-24-13-22(21-6-7-27(31-15-21)35-8-10-39-11-9-35)14-25(36(24)17-33-28)30(38)32-16-23-26(40-19(3)4)12-20(5)34-29(23)37/h6-7,12-15,17-19H,8-11,16H2,1-5H3,(H,32,38)(H,34,37). The van der Waals surface area contributed by atoms with E-state index in [9.17, 15) is 9.59 Å². The normalized spacial score (nSPS) is 13.8. The Labute approximate surface area is 233 Å². The molecule has 0 aliphatic carbocycles. The van der Waals surface area contributed by atoms with Crippen LogP contribution in [0.1, 0.15) is 61.1 Å². The quantitative estimate of drug-likeness (QED) is 0.344. The monoisotopic (exact) mass is 544 g/mol. The fraction of sp³-hybridized carbons (Fsp3) is 0.400. The Hall–Kier alpha value is -4.18. The molecule has 1 fully saturated rings. The van der Waals surface area contributed by atoms with E-state index in [2.05, 4.69) is 34.0 Å². The van der Waals surface area contributed by atoms with Gasteiger partial charge in [0.2, 0.25) is 0 Å². The third-order valence-corrected chi connectivity index (χ3v) is 6.89. The summed E-state index contributed by atoms with van der Waals surface area (Å²) >= 11 is 0. The van der Waals surface area contributed by atoms with E-state index in [1.165, 1.54) is 0 Å². The van der Waals surface area contributed by atoms with Crippen LogP contribution >= 0.6 is 0 Å². The second-order valence-electron chi connectivity index (χ2n) is 10.6. The van der Waals surface area contributed by atoms with Crippen LogP contribution in [-0.4, -0.2) is 57.7 Å². The lowest BCUT2D eigenvalue weighted by Crippen LogP contribution is -2.36. The zero-order valence-electron chi connectivity index (χ0n) is 23.7. The van der Waals surface area contributed by atoms with Gasteiger partial charge in [0, 0.05) is 30.5 Å². The second kappa shape index (κ2) is 11.5. The number of morpholine rings is 1. The number of nitrogens with zero attached hydrogens (tertiary/aromatic N) is 4. The molecule has 40 heavy (non-hydrogen) atoms. The molecule has 0 unspecified atom stereocenters. The van der Waals surface area contributed by atoms with Crippen LogP contribution in [-0.2, 0) is 11.3 Å². The number of hydrogen-bond acceptors (Lipinski definition) is 7. The Morgan fingerprint density at radius 2 is 1.88 bits per heavy atom. The number of nitrogens with one attached hydrogen (secondary N) is 2. The van der Waals surface area contributed by atoms with E-state index in [4.69, 9.17) is 14.5 Å². The summed E-state index contributed by atoms with van der Waals surface area (Å²) in [6.45, 7) is 12.8. The molecule has 4 aromatic heterocycles. The number of imidazole rings is 1. The lowest BCUT2D eigenvalue weighted by molar-refractivity contribution is 0.0944. The number of rotatable bonds is 8. The summed E-state index contributed by atoms with van der Waals surface area (Å²) < 4.78 is 13.1. The van der Waals surface area contributed by atoms with Crippen LogP contribution in [0.3, 0.4) is 0 Å². The summed E-state index contributed by atoms with van der Waals surface area (Å²) in [4.78, 5) is 40.7. The Kier molecular flexibility index (Phi) is 7.88. The summed E-state index contributed by atoms with van der Waals surface area (Å²) in [7, 11) is 0. The molecule has 210 valence electrons. The first-order chi connectivity index (χ1) is 19.2. The van der Waals surface area contributed by atoms with Crippen molar-refractivity contribution >= 4 is 17.2 Å². The van der Waals surface area contributed by atoms with Gasteiger partial charge in [-0.25, -0.2) is 9.97 Å². The van der Waals surface area contributed by atoms with Crippen LogP contribution in [0, 0.1) is 6.92 Å². The minimum Gasteiger partial charge on any atom is -0.490 e. The lowest BCUT2D eigenvalue weighted by atomic mass is 10.0. The average molecular weight is 545 g/mol. The van der Waals surface area contributed by atoms with E-state index in [0.717, 1.165) is 41.2 Å². The Morgan fingerprint density at radius 3 is 2.55 bits per heavy atom. The zero-order valence-corrected chi connectivity index (χ0v) is 23.7. The van der Waals surface area contributed by atoms with Crippen molar-refractivity contribution in [3.05, 3.63) is 75.9 Å². The van der Waals surface area contributed by atoms with Crippen molar-refractivity contribution in [1.29, 1.82) is 0 Å². The number of pyridine rings is 3. The first-order valence-electron chi connectivity index (χ1n) is 13.7. The Morgan fingerprint density at radius 1 is 1.10 bits per heavy atom. The van der Waals surface area contributed by atoms with Crippen LogP contribution in [0.4, 0.5) is 5.82 Å². The Balaban J connectivity index is 1.48. The number of amides is 1. The molecule has 0 bridgehead atoms. The van der Waals surface area contributed by atoms with Gasteiger partial charge >= 0.3 is 0 Å². The molecule has 5 heterocycles. The smallest absolute Gasteiger partial charge is 0.268 e. The molecule has 1 saturated heterocycles. The number of aromatic nitrogens is 4. The number of ether oxygens (including phenoxy) is 2. The molecule has 5 rings (SSSR count). The molecule has 0 atom stereocenters. The maximum absolute atomic E-state index is 13.6. The van der Waals surface area contributed by atoms with Crippen molar-refractivity contribution in [2.75, 3.05) is 31.2 Å². The van der Waals surface area contributed by atoms with Crippen molar-refractivity contribution in [3.63, 3.8) is 0 Å². The topological polar surface area (TPSA) is 114 Å². The van der Waals surface area contributed by atoms with Gasteiger partial charge < -0.3 is 24.7 Å². The minimum atomic E-state index is -0.326. The predicted octanol–water partition coefficient (Wildman–Crippen LogP) is 4.07. The number of anilines is 1. The van der Waals surface area contributed by atoms with Crippen molar-refractivity contribution < 1.29 is 14.3 Å². The molecule has 1 amide bonds. The van der Waals surface area contributed by atoms with Gasteiger partial charge in [0.15, 0.2) is 0 Å². The molecule has 2 N–H and O–H groups in total. The number of aryl methyl sites for hydroxylation is 1. The highest BCUT2D eigenvalue weighted by Crippen LogP contribution is 2.28. The maximum atomic E-state index is 13.6. The van der Waals surface area contributed by atoms with Gasteiger partial charge in [-0.3, -0.25) is 14.0 Å². The van der Waals surface area contributed by atoms with Crippen LogP contribution in [0.15, 0.2) is 47.7 Å². The summed E-state index contributed by atoms with van der Waals surface area (Å²) in [6.07, 6.45) is 3.40. The molecule has 0 aromatic carbocycles. The van der Waals surface area contributed by atoms with Crippen LogP contribution in [0.5, 0.6) is 5.75 Å². The zero-order chi connectivity index (χ0) is 28.4. The molecule has 4 aromatic rings. The van der Waals surface area contributed by atoms with Crippen LogP contribution in [0.25, 0.3) is 16.6 Å². The number of hydrogen-bond donors (Lipinski definition) is 2. The largest absolute Gasteiger partial charge is 0.490 e. The summed E-state index contributed by atoms with van der Waals surface area (Å²) in [5, 5.41) is 2.93. The minimum absolute atomic E-state index is 0.0176. The number of carbonyl (C=O) groups is 1. The number of aromatic amines is 1. The average Bonchev–Trinajstić information content (AvgIpc) is 3.36. The highest BCUT2D eigenvalue weighted by molar-refractivity contribution is 5.95. The van der Waals surface area contributed by atoms with Gasteiger partial charge in [-0.1, -0.05) is 13.8 Å². The van der Waals surface area contributed by atoms with E-state index in [0.29, 0.717) is 35.9 Å². The maximum Gasteiger partial charge on any atom is 0.268 e. The first kappa shape index (κ1) is 27.4. The highest BCUT2D eigenvalue weighted by atomic mass is 16.5. The molecule has 1 aliphatic heterocycles. The molecule has 0 saturated carbocycles. The predicted molar refractivity (Wildman–Crippen MR) is 154 cm³/mol. The second-order valence-corrected chi connectivity index (χ2v) is 10.6. The third kappa shape index (κ3) is 5.72. The fourth-order valence-corrected chi connectivity index (χ4v) is 4.91. The first-order valence-corrected chi connectivity index (χ1v) is 13.7. The van der Waals surface area contributed by atoms with Crippen molar-refractivity contribution in [1.82, 2.24) is 24.7 Å². The highest BCUT2D eigenvalue weighted by Gasteiger charge is 2.20. The van der Waals surface area contributed by atoms with Gasteiger partial charge in [-0.2, -0.15) is 0 Å². The van der Waals surface area contributed by atoms with Crippen LogP contribution < -0.4 is 20.5 Å².